The second kappa shape index (κ2) is 6.03. The van der Waals surface area contributed by atoms with Crippen LogP contribution >= 0.6 is 23.2 Å². The molecule has 0 radical (unpaired) electrons. The molecule has 106 valence electrons. The lowest BCUT2D eigenvalue weighted by atomic mass is 9.72. The highest BCUT2D eigenvalue weighted by Gasteiger charge is 2.41. The van der Waals surface area contributed by atoms with Crippen LogP contribution in [-0.2, 0) is 0 Å². The van der Waals surface area contributed by atoms with Crippen molar-refractivity contribution in [3.05, 3.63) is 33.8 Å². The summed E-state index contributed by atoms with van der Waals surface area (Å²) >= 11 is 12.0. The van der Waals surface area contributed by atoms with E-state index < -0.39 is 6.10 Å². The third kappa shape index (κ3) is 3.26. The summed E-state index contributed by atoms with van der Waals surface area (Å²) in [4.78, 5) is 0. The summed E-state index contributed by atoms with van der Waals surface area (Å²) in [6, 6.07) is 5.49. The van der Waals surface area contributed by atoms with Gasteiger partial charge in [-0.1, -0.05) is 56.0 Å². The summed E-state index contributed by atoms with van der Waals surface area (Å²) in [5.74, 6) is 0.593. The van der Waals surface area contributed by atoms with Gasteiger partial charge in [-0.05, 0) is 42.9 Å². The van der Waals surface area contributed by atoms with Gasteiger partial charge in [-0.2, -0.15) is 0 Å². The van der Waals surface area contributed by atoms with E-state index in [9.17, 15) is 5.11 Å². The van der Waals surface area contributed by atoms with Gasteiger partial charge in [-0.25, -0.2) is 0 Å². The predicted molar refractivity (Wildman–Crippen MR) is 81.8 cm³/mol. The standard InChI is InChI=1S/C16H22Cl2O/c1-11(2)10-16(7-3-4-8-16)15(19)12-5-6-13(17)14(18)9-12/h5-6,9,11,15,19H,3-4,7-8,10H2,1-2H3. The molecule has 1 N–H and O–H groups in total. The van der Waals surface area contributed by atoms with Crippen molar-refractivity contribution in [2.45, 2.75) is 52.1 Å². The molecule has 1 fully saturated rings. The minimum absolute atomic E-state index is 0.0192. The third-order valence-corrected chi connectivity index (χ3v) is 4.99. The molecule has 1 aromatic rings. The van der Waals surface area contributed by atoms with Crippen LogP contribution < -0.4 is 0 Å². The topological polar surface area (TPSA) is 20.2 Å². The van der Waals surface area contributed by atoms with Crippen molar-refractivity contribution in [1.29, 1.82) is 0 Å². The largest absolute Gasteiger partial charge is 0.388 e. The van der Waals surface area contributed by atoms with Crippen molar-refractivity contribution in [2.24, 2.45) is 11.3 Å². The van der Waals surface area contributed by atoms with Crippen molar-refractivity contribution in [3.63, 3.8) is 0 Å². The zero-order chi connectivity index (χ0) is 14.0. The van der Waals surface area contributed by atoms with Gasteiger partial charge >= 0.3 is 0 Å². The first-order valence-corrected chi connectivity index (χ1v) is 7.83. The SMILES string of the molecule is CC(C)CC1(C(O)c2ccc(Cl)c(Cl)c2)CCCC1. The Balaban J connectivity index is 2.28. The highest BCUT2D eigenvalue weighted by Crippen LogP contribution is 2.51. The first kappa shape index (κ1) is 15.2. The van der Waals surface area contributed by atoms with E-state index in [2.05, 4.69) is 13.8 Å². The number of aliphatic hydroxyl groups is 1. The average Bonchev–Trinajstić information content (AvgIpc) is 2.80. The molecule has 0 heterocycles. The Morgan fingerprint density at radius 1 is 1.16 bits per heavy atom. The first-order chi connectivity index (χ1) is 8.94. The molecule has 2 rings (SSSR count). The quantitative estimate of drug-likeness (QED) is 0.763. The van der Waals surface area contributed by atoms with Crippen LogP contribution in [0.15, 0.2) is 18.2 Å². The van der Waals surface area contributed by atoms with Crippen LogP contribution in [0.5, 0.6) is 0 Å². The van der Waals surface area contributed by atoms with Gasteiger partial charge in [0.2, 0.25) is 0 Å². The van der Waals surface area contributed by atoms with Crippen LogP contribution in [-0.4, -0.2) is 5.11 Å². The Bertz CT molecular complexity index is 436. The third-order valence-electron chi connectivity index (χ3n) is 4.25. The summed E-state index contributed by atoms with van der Waals surface area (Å²) in [7, 11) is 0. The van der Waals surface area contributed by atoms with Crippen molar-refractivity contribution in [2.75, 3.05) is 0 Å². The van der Waals surface area contributed by atoms with E-state index in [1.165, 1.54) is 12.8 Å². The maximum absolute atomic E-state index is 10.8. The summed E-state index contributed by atoms with van der Waals surface area (Å²) in [5.41, 5.74) is 0.919. The van der Waals surface area contributed by atoms with Crippen LogP contribution in [0.25, 0.3) is 0 Å². The molecule has 1 unspecified atom stereocenters. The van der Waals surface area contributed by atoms with E-state index in [1.54, 1.807) is 6.07 Å². The van der Waals surface area contributed by atoms with Crippen LogP contribution in [0.1, 0.15) is 57.6 Å². The molecule has 0 spiro atoms. The fourth-order valence-corrected chi connectivity index (χ4v) is 3.82. The minimum Gasteiger partial charge on any atom is -0.388 e. The van der Waals surface area contributed by atoms with Gasteiger partial charge in [0.25, 0.3) is 0 Å². The minimum atomic E-state index is -0.438. The van der Waals surface area contributed by atoms with Crippen LogP contribution in [0.2, 0.25) is 10.0 Å². The fourth-order valence-electron chi connectivity index (χ4n) is 3.52. The Kier molecular flexibility index (Phi) is 4.81. The van der Waals surface area contributed by atoms with Gasteiger partial charge in [0.05, 0.1) is 16.1 Å². The average molecular weight is 301 g/mol. The van der Waals surface area contributed by atoms with E-state index in [1.807, 2.05) is 12.1 Å². The highest BCUT2D eigenvalue weighted by molar-refractivity contribution is 6.42. The molecule has 0 aromatic heterocycles. The molecular weight excluding hydrogens is 279 g/mol. The van der Waals surface area contributed by atoms with Crippen molar-refractivity contribution < 1.29 is 5.11 Å². The van der Waals surface area contributed by atoms with Crippen molar-refractivity contribution in [3.8, 4) is 0 Å². The molecule has 1 aliphatic rings. The number of hydrogen-bond acceptors (Lipinski definition) is 1. The van der Waals surface area contributed by atoms with Gasteiger partial charge in [0.15, 0.2) is 0 Å². The van der Waals surface area contributed by atoms with E-state index >= 15 is 0 Å². The first-order valence-electron chi connectivity index (χ1n) is 7.08. The number of aliphatic hydroxyl groups excluding tert-OH is 1. The summed E-state index contributed by atoms with van der Waals surface area (Å²) in [6.45, 7) is 4.45. The normalized spacial score (nSPS) is 19.9. The monoisotopic (exact) mass is 300 g/mol. The Hall–Kier alpha value is -0.240. The van der Waals surface area contributed by atoms with Gasteiger partial charge < -0.3 is 5.11 Å². The van der Waals surface area contributed by atoms with Crippen LogP contribution in [0, 0.1) is 11.3 Å². The summed E-state index contributed by atoms with van der Waals surface area (Å²) in [6.07, 6.45) is 5.26. The highest BCUT2D eigenvalue weighted by atomic mass is 35.5. The molecule has 0 bridgehead atoms. The lowest BCUT2D eigenvalue weighted by Crippen LogP contribution is -2.27. The Labute approximate surface area is 125 Å². The molecular formula is C16H22Cl2O. The number of halogens is 2. The zero-order valence-electron chi connectivity index (χ0n) is 11.6. The molecule has 3 heteroatoms. The zero-order valence-corrected chi connectivity index (χ0v) is 13.1. The number of benzene rings is 1. The summed E-state index contributed by atoms with van der Waals surface area (Å²) in [5, 5.41) is 11.9. The van der Waals surface area contributed by atoms with E-state index in [0.717, 1.165) is 24.8 Å². The van der Waals surface area contributed by atoms with Crippen molar-refractivity contribution >= 4 is 23.2 Å². The predicted octanol–water partition coefficient (Wildman–Crippen LogP) is 5.63. The number of hydrogen-bond donors (Lipinski definition) is 1. The summed E-state index contributed by atoms with van der Waals surface area (Å²) < 4.78 is 0. The van der Waals surface area contributed by atoms with E-state index in [-0.39, 0.29) is 5.41 Å². The lowest BCUT2D eigenvalue weighted by Gasteiger charge is -2.36. The van der Waals surface area contributed by atoms with Gasteiger partial charge in [-0.3, -0.25) is 0 Å². The maximum atomic E-state index is 10.8. The van der Waals surface area contributed by atoms with Gasteiger partial charge in [0.1, 0.15) is 0 Å². The van der Waals surface area contributed by atoms with Crippen LogP contribution in [0.4, 0.5) is 0 Å². The lowest BCUT2D eigenvalue weighted by molar-refractivity contribution is 0.0112. The van der Waals surface area contributed by atoms with E-state index in [4.69, 9.17) is 23.2 Å². The maximum Gasteiger partial charge on any atom is 0.0846 e. The molecule has 0 amide bonds. The smallest absolute Gasteiger partial charge is 0.0846 e. The molecule has 19 heavy (non-hydrogen) atoms. The Morgan fingerprint density at radius 2 is 1.79 bits per heavy atom. The van der Waals surface area contributed by atoms with Crippen LogP contribution in [0.3, 0.4) is 0 Å². The van der Waals surface area contributed by atoms with Gasteiger partial charge in [-0.15, -0.1) is 0 Å². The molecule has 1 saturated carbocycles. The second-order valence-electron chi connectivity index (χ2n) is 6.24. The second-order valence-corrected chi connectivity index (χ2v) is 7.06. The van der Waals surface area contributed by atoms with Crippen molar-refractivity contribution in [1.82, 2.24) is 0 Å². The molecule has 1 aromatic carbocycles. The van der Waals surface area contributed by atoms with Gasteiger partial charge in [0, 0.05) is 5.41 Å². The molecule has 0 saturated heterocycles. The fraction of sp³-hybridized carbons (Fsp3) is 0.625. The molecule has 1 aliphatic carbocycles. The molecule has 0 aliphatic heterocycles. The van der Waals surface area contributed by atoms with E-state index in [0.29, 0.717) is 16.0 Å². The Morgan fingerprint density at radius 3 is 2.32 bits per heavy atom. The molecule has 1 nitrogen and oxygen atoms in total. The molecule has 1 atom stereocenters. The number of rotatable bonds is 4.